The van der Waals surface area contributed by atoms with E-state index in [9.17, 15) is 4.79 Å². The molecule has 1 atom stereocenters. The van der Waals surface area contributed by atoms with Crippen LogP contribution in [0.15, 0.2) is 34.7 Å². The Hall–Kier alpha value is -1.81. The number of likely N-dealkylation sites (tertiary alicyclic amines) is 1. The minimum atomic E-state index is -0.00632. The quantitative estimate of drug-likeness (QED) is 0.890. The summed E-state index contributed by atoms with van der Waals surface area (Å²) in [5, 5.41) is 1.11. The first kappa shape index (κ1) is 11.3. The lowest BCUT2D eigenvalue weighted by Crippen LogP contribution is -2.30. The van der Waals surface area contributed by atoms with Crippen LogP contribution in [0.5, 0.6) is 0 Å². The van der Waals surface area contributed by atoms with Crippen LogP contribution in [-0.2, 0) is 11.2 Å². The summed E-state index contributed by atoms with van der Waals surface area (Å²) in [5.74, 6) is 1.07. The molecule has 94 valence electrons. The molecule has 1 unspecified atom stereocenters. The molecule has 0 radical (unpaired) electrons. The number of carbonyl (C=O) groups excluding carboxylic acids is 1. The van der Waals surface area contributed by atoms with Crippen LogP contribution in [0.2, 0.25) is 0 Å². The highest BCUT2D eigenvalue weighted by molar-refractivity contribution is 5.79. The monoisotopic (exact) mass is 244 g/mol. The van der Waals surface area contributed by atoms with Crippen molar-refractivity contribution in [3.05, 3.63) is 36.1 Å². The molecule has 3 rings (SSSR count). The van der Waals surface area contributed by atoms with E-state index in [2.05, 4.69) is 0 Å². The Labute approximate surface area is 105 Å². The van der Waals surface area contributed by atoms with Gasteiger partial charge in [-0.05, 0) is 12.1 Å². The number of furan rings is 1. The third kappa shape index (κ3) is 2.11. The maximum atomic E-state index is 11.6. The number of hydrogen-bond donors (Lipinski definition) is 1. The Morgan fingerprint density at radius 3 is 2.94 bits per heavy atom. The summed E-state index contributed by atoms with van der Waals surface area (Å²) in [5.41, 5.74) is 6.66. The molecule has 0 aliphatic carbocycles. The van der Waals surface area contributed by atoms with Crippen molar-refractivity contribution in [3.8, 4) is 0 Å². The summed E-state index contributed by atoms with van der Waals surface area (Å²) in [4.78, 5) is 13.4. The van der Waals surface area contributed by atoms with E-state index in [0.29, 0.717) is 19.5 Å². The SMILES string of the molecule is NC1CC(=O)N(CCc2cc3ccccc3o2)C1. The zero-order valence-electron chi connectivity index (χ0n) is 10.1. The van der Waals surface area contributed by atoms with Crippen molar-refractivity contribution >= 4 is 16.9 Å². The predicted octanol–water partition coefficient (Wildman–Crippen LogP) is 1.53. The average molecular weight is 244 g/mol. The summed E-state index contributed by atoms with van der Waals surface area (Å²) in [6.45, 7) is 1.35. The minimum absolute atomic E-state index is 0.00632. The van der Waals surface area contributed by atoms with Gasteiger partial charge in [0, 0.05) is 37.4 Å². The van der Waals surface area contributed by atoms with E-state index >= 15 is 0 Å². The molecule has 0 saturated carbocycles. The van der Waals surface area contributed by atoms with Crippen LogP contribution in [0.4, 0.5) is 0 Å². The molecule has 1 amide bonds. The molecule has 4 nitrogen and oxygen atoms in total. The number of rotatable bonds is 3. The molecule has 2 aromatic rings. The number of nitrogens with two attached hydrogens (primary N) is 1. The second kappa shape index (κ2) is 4.46. The highest BCUT2D eigenvalue weighted by atomic mass is 16.3. The van der Waals surface area contributed by atoms with Gasteiger partial charge in [-0.15, -0.1) is 0 Å². The van der Waals surface area contributed by atoms with Gasteiger partial charge in [-0.3, -0.25) is 4.79 Å². The van der Waals surface area contributed by atoms with Crippen LogP contribution in [-0.4, -0.2) is 29.9 Å². The van der Waals surface area contributed by atoms with E-state index in [1.54, 1.807) is 0 Å². The first-order valence-electron chi connectivity index (χ1n) is 6.23. The van der Waals surface area contributed by atoms with Gasteiger partial charge in [-0.25, -0.2) is 0 Å². The second-order valence-corrected chi connectivity index (χ2v) is 4.80. The molecular formula is C14H16N2O2. The second-order valence-electron chi connectivity index (χ2n) is 4.80. The molecular weight excluding hydrogens is 228 g/mol. The molecule has 0 spiro atoms. The third-order valence-electron chi connectivity index (χ3n) is 3.35. The molecule has 1 aliphatic rings. The van der Waals surface area contributed by atoms with Gasteiger partial charge in [0.15, 0.2) is 0 Å². The van der Waals surface area contributed by atoms with E-state index in [1.165, 1.54) is 0 Å². The zero-order chi connectivity index (χ0) is 12.5. The summed E-state index contributed by atoms with van der Waals surface area (Å²) in [7, 11) is 0. The van der Waals surface area contributed by atoms with Gasteiger partial charge in [0.1, 0.15) is 11.3 Å². The lowest BCUT2D eigenvalue weighted by molar-refractivity contribution is -0.127. The van der Waals surface area contributed by atoms with Crippen molar-refractivity contribution in [2.75, 3.05) is 13.1 Å². The Morgan fingerprint density at radius 2 is 2.22 bits per heavy atom. The maximum Gasteiger partial charge on any atom is 0.224 e. The smallest absolute Gasteiger partial charge is 0.224 e. The van der Waals surface area contributed by atoms with Gasteiger partial charge >= 0.3 is 0 Å². The number of fused-ring (bicyclic) bond motifs is 1. The van der Waals surface area contributed by atoms with Gasteiger partial charge < -0.3 is 15.1 Å². The van der Waals surface area contributed by atoms with Crippen molar-refractivity contribution < 1.29 is 9.21 Å². The summed E-state index contributed by atoms with van der Waals surface area (Å²) in [6, 6.07) is 9.96. The summed E-state index contributed by atoms with van der Waals surface area (Å²) < 4.78 is 5.72. The molecule has 1 fully saturated rings. The fraction of sp³-hybridized carbons (Fsp3) is 0.357. The van der Waals surface area contributed by atoms with Gasteiger partial charge in [0.25, 0.3) is 0 Å². The van der Waals surface area contributed by atoms with Gasteiger partial charge in [0.2, 0.25) is 5.91 Å². The van der Waals surface area contributed by atoms with E-state index in [-0.39, 0.29) is 11.9 Å². The van der Waals surface area contributed by atoms with Crippen molar-refractivity contribution in [3.63, 3.8) is 0 Å². The minimum Gasteiger partial charge on any atom is -0.461 e. The molecule has 1 aliphatic heterocycles. The molecule has 0 bridgehead atoms. The van der Waals surface area contributed by atoms with E-state index in [1.807, 2.05) is 35.2 Å². The van der Waals surface area contributed by atoms with E-state index in [0.717, 1.165) is 23.2 Å². The van der Waals surface area contributed by atoms with Crippen molar-refractivity contribution in [2.24, 2.45) is 5.73 Å². The van der Waals surface area contributed by atoms with Crippen LogP contribution >= 0.6 is 0 Å². The molecule has 18 heavy (non-hydrogen) atoms. The first-order valence-corrected chi connectivity index (χ1v) is 6.23. The third-order valence-corrected chi connectivity index (χ3v) is 3.35. The summed E-state index contributed by atoms with van der Waals surface area (Å²) in [6.07, 6.45) is 1.22. The van der Waals surface area contributed by atoms with Crippen molar-refractivity contribution in [2.45, 2.75) is 18.9 Å². The normalized spacial score (nSPS) is 19.9. The number of para-hydroxylation sites is 1. The highest BCUT2D eigenvalue weighted by Crippen LogP contribution is 2.20. The van der Waals surface area contributed by atoms with Crippen molar-refractivity contribution in [1.82, 2.24) is 4.90 Å². The molecule has 2 N–H and O–H groups in total. The largest absolute Gasteiger partial charge is 0.461 e. The van der Waals surface area contributed by atoms with Crippen molar-refractivity contribution in [1.29, 1.82) is 0 Å². The number of hydrogen-bond acceptors (Lipinski definition) is 3. The van der Waals surface area contributed by atoms with Crippen LogP contribution < -0.4 is 5.73 Å². The lowest BCUT2D eigenvalue weighted by Gasteiger charge is -2.14. The fourth-order valence-electron chi connectivity index (χ4n) is 2.42. The molecule has 1 aromatic carbocycles. The predicted molar refractivity (Wildman–Crippen MR) is 69.1 cm³/mol. The molecule has 2 heterocycles. The number of amides is 1. The molecule has 1 aromatic heterocycles. The van der Waals surface area contributed by atoms with Crippen LogP contribution in [0.3, 0.4) is 0 Å². The first-order chi connectivity index (χ1) is 8.72. The van der Waals surface area contributed by atoms with Crippen LogP contribution in [0.25, 0.3) is 11.0 Å². The van der Waals surface area contributed by atoms with Gasteiger partial charge in [-0.1, -0.05) is 18.2 Å². The number of carbonyl (C=O) groups is 1. The Morgan fingerprint density at radius 1 is 1.39 bits per heavy atom. The number of benzene rings is 1. The van der Waals surface area contributed by atoms with Crippen LogP contribution in [0, 0.1) is 0 Å². The maximum absolute atomic E-state index is 11.6. The van der Waals surface area contributed by atoms with E-state index < -0.39 is 0 Å². The lowest BCUT2D eigenvalue weighted by atomic mass is 10.2. The molecule has 4 heteroatoms. The Kier molecular flexibility index (Phi) is 2.80. The average Bonchev–Trinajstić information content (AvgIpc) is 2.89. The fourth-order valence-corrected chi connectivity index (χ4v) is 2.42. The zero-order valence-corrected chi connectivity index (χ0v) is 10.1. The Balaban J connectivity index is 1.68. The summed E-state index contributed by atoms with van der Waals surface area (Å²) >= 11 is 0. The highest BCUT2D eigenvalue weighted by Gasteiger charge is 2.26. The topological polar surface area (TPSA) is 59.5 Å². The Bertz CT molecular complexity index is 543. The van der Waals surface area contributed by atoms with Gasteiger partial charge in [-0.2, -0.15) is 0 Å². The van der Waals surface area contributed by atoms with E-state index in [4.69, 9.17) is 10.2 Å². The standard InChI is InChI=1S/C14H16N2O2/c15-11-8-14(17)16(9-11)6-5-12-7-10-3-1-2-4-13(10)18-12/h1-4,7,11H,5-6,8-9,15H2. The molecule has 1 saturated heterocycles. The van der Waals surface area contributed by atoms with Gasteiger partial charge in [0.05, 0.1) is 0 Å². The van der Waals surface area contributed by atoms with Crippen LogP contribution in [0.1, 0.15) is 12.2 Å². The number of nitrogens with zero attached hydrogens (tertiary/aromatic N) is 1.